The molecule has 0 fully saturated rings. The lowest BCUT2D eigenvalue weighted by molar-refractivity contribution is 0.602. The van der Waals surface area contributed by atoms with Crippen molar-refractivity contribution in [2.24, 2.45) is 0 Å². The van der Waals surface area contributed by atoms with Crippen LogP contribution in [0.15, 0.2) is 27.9 Å². The van der Waals surface area contributed by atoms with Crippen molar-refractivity contribution in [3.05, 3.63) is 29.0 Å². The zero-order valence-electron chi connectivity index (χ0n) is 5.00. The Labute approximate surface area is 55.5 Å². The van der Waals surface area contributed by atoms with Gasteiger partial charge >= 0.3 is 0 Å². The van der Waals surface area contributed by atoms with Crippen molar-refractivity contribution in [1.82, 2.24) is 9.97 Å². The molecule has 0 radical (unpaired) electrons. The standard InChI is InChI=1S/C6H4N2O2/c9-5-4-1-2-10-6(4)8-3-7-5/h1-3H,(H,7,8,9). The minimum absolute atomic E-state index is 0.262. The second-order valence-electron chi connectivity index (χ2n) is 1.87. The van der Waals surface area contributed by atoms with E-state index in [0.717, 1.165) is 0 Å². The van der Waals surface area contributed by atoms with E-state index in [1.54, 1.807) is 6.07 Å². The Morgan fingerprint density at radius 2 is 2.50 bits per heavy atom. The van der Waals surface area contributed by atoms with Gasteiger partial charge in [-0.2, -0.15) is 4.98 Å². The Balaban J connectivity index is 3.09. The minimum atomic E-state index is -0.262. The summed E-state index contributed by atoms with van der Waals surface area (Å²) >= 11 is 0. The fraction of sp³-hybridized carbons (Fsp3) is 0. The Morgan fingerprint density at radius 1 is 1.60 bits per heavy atom. The number of fused-ring (bicyclic) bond motifs is 1. The van der Waals surface area contributed by atoms with Gasteiger partial charge in [-0.25, -0.2) is 0 Å². The molecule has 0 spiro atoms. The van der Waals surface area contributed by atoms with Crippen LogP contribution < -0.4 is 5.56 Å². The van der Waals surface area contributed by atoms with Crippen LogP contribution in [0.5, 0.6) is 0 Å². The maximum atomic E-state index is 10.8. The number of rotatable bonds is 0. The summed E-state index contributed by atoms with van der Waals surface area (Å²) in [6.45, 7) is 0. The molecule has 2 heterocycles. The SMILES string of the molecule is O=c1nc[nH]c2occc12. The molecule has 1 N–H and O–H groups in total. The highest BCUT2D eigenvalue weighted by Crippen LogP contribution is 2.04. The number of aromatic nitrogens is 2. The van der Waals surface area contributed by atoms with Crippen molar-refractivity contribution in [3.63, 3.8) is 0 Å². The summed E-state index contributed by atoms with van der Waals surface area (Å²) < 4.78 is 4.90. The number of hydrogen-bond acceptors (Lipinski definition) is 3. The smallest absolute Gasteiger partial charge is 0.283 e. The molecular weight excluding hydrogens is 132 g/mol. The van der Waals surface area contributed by atoms with Crippen LogP contribution in [-0.4, -0.2) is 9.97 Å². The van der Waals surface area contributed by atoms with Crippen molar-refractivity contribution in [2.75, 3.05) is 0 Å². The molecule has 4 nitrogen and oxygen atoms in total. The van der Waals surface area contributed by atoms with E-state index in [9.17, 15) is 4.79 Å². The second-order valence-corrected chi connectivity index (χ2v) is 1.87. The molecule has 0 atom stereocenters. The van der Waals surface area contributed by atoms with Gasteiger partial charge in [-0.15, -0.1) is 0 Å². The third-order valence-corrected chi connectivity index (χ3v) is 1.27. The van der Waals surface area contributed by atoms with Crippen LogP contribution in [0.1, 0.15) is 0 Å². The third-order valence-electron chi connectivity index (χ3n) is 1.27. The summed E-state index contributed by atoms with van der Waals surface area (Å²) in [5, 5.41) is 0.488. The number of furan rings is 1. The summed E-state index contributed by atoms with van der Waals surface area (Å²) in [6.07, 6.45) is 2.76. The number of aromatic amines is 1. The molecular formula is C6H4N2O2. The number of H-pyrrole nitrogens is 1. The molecule has 0 saturated heterocycles. The number of nitrogens with zero attached hydrogens (tertiary/aromatic N) is 1. The average molecular weight is 136 g/mol. The van der Waals surface area contributed by atoms with Crippen LogP contribution in [0.25, 0.3) is 11.1 Å². The highest BCUT2D eigenvalue weighted by Gasteiger charge is 1.98. The van der Waals surface area contributed by atoms with E-state index in [4.69, 9.17) is 4.42 Å². The lowest BCUT2D eigenvalue weighted by atomic mass is 10.4. The van der Waals surface area contributed by atoms with Gasteiger partial charge in [0.2, 0.25) is 5.71 Å². The quantitative estimate of drug-likeness (QED) is 0.574. The summed E-state index contributed by atoms with van der Waals surface area (Å²) in [6, 6.07) is 1.58. The van der Waals surface area contributed by atoms with Crippen LogP contribution in [0.3, 0.4) is 0 Å². The van der Waals surface area contributed by atoms with Crippen LogP contribution in [0.2, 0.25) is 0 Å². The second kappa shape index (κ2) is 1.70. The minimum Gasteiger partial charge on any atom is -0.448 e. The van der Waals surface area contributed by atoms with Gasteiger partial charge in [-0.05, 0) is 6.07 Å². The van der Waals surface area contributed by atoms with Gasteiger partial charge in [-0.1, -0.05) is 0 Å². The van der Waals surface area contributed by atoms with Gasteiger partial charge in [0.1, 0.15) is 5.39 Å². The first kappa shape index (κ1) is 5.22. The predicted molar refractivity (Wildman–Crippen MR) is 34.6 cm³/mol. The van der Waals surface area contributed by atoms with E-state index >= 15 is 0 Å². The topological polar surface area (TPSA) is 58.9 Å². The molecule has 2 rings (SSSR count). The summed E-state index contributed by atoms with van der Waals surface area (Å²) in [7, 11) is 0. The van der Waals surface area contributed by atoms with Crippen molar-refractivity contribution >= 4 is 11.1 Å². The van der Waals surface area contributed by atoms with Crippen LogP contribution in [0.4, 0.5) is 0 Å². The van der Waals surface area contributed by atoms with Crippen molar-refractivity contribution in [1.29, 1.82) is 0 Å². The first-order valence-electron chi connectivity index (χ1n) is 2.79. The largest absolute Gasteiger partial charge is 0.448 e. The van der Waals surface area contributed by atoms with Gasteiger partial charge in [0.05, 0.1) is 12.6 Å². The molecule has 2 aromatic rings. The maximum absolute atomic E-state index is 10.8. The molecule has 0 amide bonds. The normalized spacial score (nSPS) is 10.4. The van der Waals surface area contributed by atoms with E-state index < -0.39 is 0 Å². The molecule has 50 valence electrons. The molecule has 0 saturated carbocycles. The fourth-order valence-corrected chi connectivity index (χ4v) is 0.809. The molecule has 0 bridgehead atoms. The number of hydrogen-bond donors (Lipinski definition) is 1. The van der Waals surface area contributed by atoms with Gasteiger partial charge < -0.3 is 9.40 Å². The first-order valence-corrected chi connectivity index (χ1v) is 2.79. The Kier molecular flexibility index (Phi) is 0.887. The van der Waals surface area contributed by atoms with E-state index in [-0.39, 0.29) is 5.56 Å². The monoisotopic (exact) mass is 136 g/mol. The molecule has 0 aliphatic heterocycles. The van der Waals surface area contributed by atoms with E-state index in [1.807, 2.05) is 0 Å². The van der Waals surface area contributed by atoms with Crippen LogP contribution >= 0.6 is 0 Å². The van der Waals surface area contributed by atoms with E-state index in [2.05, 4.69) is 9.97 Å². The maximum Gasteiger partial charge on any atom is 0.283 e. The molecule has 0 aliphatic carbocycles. The van der Waals surface area contributed by atoms with Crippen LogP contribution in [-0.2, 0) is 0 Å². The number of nitrogens with one attached hydrogen (secondary N) is 1. The zero-order chi connectivity index (χ0) is 6.97. The van der Waals surface area contributed by atoms with Gasteiger partial charge in [0.25, 0.3) is 5.56 Å². The molecule has 0 aromatic carbocycles. The molecule has 4 heteroatoms. The summed E-state index contributed by atoms with van der Waals surface area (Å²) in [5.74, 6) is 0. The lowest BCUT2D eigenvalue weighted by Gasteiger charge is -1.82. The Morgan fingerprint density at radius 3 is 3.30 bits per heavy atom. The Bertz CT molecular complexity index is 401. The average Bonchev–Trinajstić information content (AvgIpc) is 2.36. The van der Waals surface area contributed by atoms with Crippen molar-refractivity contribution in [3.8, 4) is 0 Å². The third kappa shape index (κ3) is 0.556. The molecule has 2 aromatic heterocycles. The van der Waals surface area contributed by atoms with Crippen LogP contribution in [0, 0.1) is 0 Å². The van der Waals surface area contributed by atoms with Gasteiger partial charge in [0, 0.05) is 0 Å². The summed E-state index contributed by atoms with van der Waals surface area (Å²) in [4.78, 5) is 17.1. The lowest BCUT2D eigenvalue weighted by Crippen LogP contribution is -2.03. The van der Waals surface area contributed by atoms with Gasteiger partial charge in [-0.3, -0.25) is 4.79 Å². The first-order chi connectivity index (χ1) is 4.88. The van der Waals surface area contributed by atoms with Crippen molar-refractivity contribution < 1.29 is 4.42 Å². The summed E-state index contributed by atoms with van der Waals surface area (Å²) in [5.41, 5.74) is 0.211. The van der Waals surface area contributed by atoms with Gasteiger partial charge in [0.15, 0.2) is 0 Å². The molecule has 10 heavy (non-hydrogen) atoms. The fourth-order valence-electron chi connectivity index (χ4n) is 0.809. The zero-order valence-corrected chi connectivity index (χ0v) is 5.00. The highest BCUT2D eigenvalue weighted by molar-refractivity contribution is 5.70. The highest BCUT2D eigenvalue weighted by atomic mass is 16.3. The predicted octanol–water partition coefficient (Wildman–Crippen LogP) is 0.516. The molecule has 0 aliphatic rings. The van der Waals surface area contributed by atoms with E-state index in [0.29, 0.717) is 11.1 Å². The Hall–Kier alpha value is -1.58. The van der Waals surface area contributed by atoms with Crippen molar-refractivity contribution in [2.45, 2.75) is 0 Å². The van der Waals surface area contributed by atoms with E-state index in [1.165, 1.54) is 12.6 Å². The molecule has 0 unspecified atom stereocenters.